The lowest BCUT2D eigenvalue weighted by atomic mass is 10.2. The predicted molar refractivity (Wildman–Crippen MR) is 124 cm³/mol. The minimum Gasteiger partial charge on any atom is -0.455 e. The van der Waals surface area contributed by atoms with Crippen LogP contribution in [0.25, 0.3) is 5.69 Å². The Morgan fingerprint density at radius 3 is 2.26 bits per heavy atom. The van der Waals surface area contributed by atoms with Crippen molar-refractivity contribution in [1.82, 2.24) is 14.5 Å². The quantitative estimate of drug-likeness (QED) is 0.351. The molecule has 3 rings (SSSR count). The number of ketones is 1. The van der Waals surface area contributed by atoms with Crippen LogP contribution in [-0.4, -0.2) is 49.0 Å². The molecule has 0 aliphatic carbocycles. The third-order valence-corrected chi connectivity index (χ3v) is 6.14. The summed E-state index contributed by atoms with van der Waals surface area (Å²) in [6.45, 7) is 3.83. The maximum atomic E-state index is 12.3. The zero-order valence-electron chi connectivity index (χ0n) is 18.9. The molecule has 2 aromatic carbocycles. The maximum absolute atomic E-state index is 12.3. The number of carbonyl (C=O) groups is 3. The zero-order chi connectivity index (χ0) is 24.9. The SMILES string of the molecule is CC(=O)c1ccc(S(=O)(=O)NCC(=O)OCC(=O)Nc2cc(C)nn2-c2ccc(C)cc2)cc1. The first-order valence-electron chi connectivity index (χ1n) is 10.2. The van der Waals surface area contributed by atoms with E-state index in [4.69, 9.17) is 4.74 Å². The van der Waals surface area contributed by atoms with E-state index in [1.165, 1.54) is 31.2 Å². The van der Waals surface area contributed by atoms with Crippen LogP contribution in [0, 0.1) is 13.8 Å². The minimum absolute atomic E-state index is 0.109. The molecule has 0 atom stereocenters. The molecule has 1 heterocycles. The molecule has 0 aliphatic rings. The smallest absolute Gasteiger partial charge is 0.321 e. The summed E-state index contributed by atoms with van der Waals surface area (Å²) in [4.78, 5) is 35.4. The molecule has 0 unspecified atom stereocenters. The maximum Gasteiger partial charge on any atom is 0.321 e. The first-order chi connectivity index (χ1) is 16.0. The van der Waals surface area contributed by atoms with E-state index in [-0.39, 0.29) is 10.7 Å². The van der Waals surface area contributed by atoms with E-state index < -0.39 is 35.1 Å². The molecule has 34 heavy (non-hydrogen) atoms. The highest BCUT2D eigenvalue weighted by Gasteiger charge is 2.18. The van der Waals surface area contributed by atoms with Crippen molar-refractivity contribution in [2.75, 3.05) is 18.5 Å². The van der Waals surface area contributed by atoms with E-state index >= 15 is 0 Å². The molecular formula is C23H24N4O6S. The molecule has 0 saturated heterocycles. The Morgan fingerprint density at radius 2 is 1.65 bits per heavy atom. The van der Waals surface area contributed by atoms with Gasteiger partial charge in [0.2, 0.25) is 10.0 Å². The summed E-state index contributed by atoms with van der Waals surface area (Å²) in [7, 11) is -4.00. The van der Waals surface area contributed by atoms with E-state index in [0.29, 0.717) is 17.1 Å². The van der Waals surface area contributed by atoms with Gasteiger partial charge in [0.1, 0.15) is 12.4 Å². The largest absolute Gasteiger partial charge is 0.455 e. The number of nitrogens with zero attached hydrogens (tertiary/aromatic N) is 2. The average Bonchev–Trinajstić information content (AvgIpc) is 3.16. The van der Waals surface area contributed by atoms with Crippen molar-refractivity contribution in [1.29, 1.82) is 0 Å². The number of rotatable bonds is 9. The molecule has 3 aromatic rings. The van der Waals surface area contributed by atoms with Crippen molar-refractivity contribution in [3.05, 3.63) is 71.4 Å². The van der Waals surface area contributed by atoms with Crippen molar-refractivity contribution < 1.29 is 27.5 Å². The number of aryl methyl sites for hydroxylation is 2. The van der Waals surface area contributed by atoms with Gasteiger partial charge in [0.05, 0.1) is 16.3 Å². The summed E-state index contributed by atoms with van der Waals surface area (Å²) in [5.41, 5.74) is 2.87. The summed E-state index contributed by atoms with van der Waals surface area (Å²) < 4.78 is 33.1. The lowest BCUT2D eigenvalue weighted by molar-refractivity contribution is -0.146. The summed E-state index contributed by atoms with van der Waals surface area (Å²) in [5.74, 6) is -1.33. The number of aromatic nitrogens is 2. The fourth-order valence-electron chi connectivity index (χ4n) is 2.95. The predicted octanol–water partition coefficient (Wildman–Crippen LogP) is 2.15. The fourth-order valence-corrected chi connectivity index (χ4v) is 3.92. The van der Waals surface area contributed by atoms with Crippen LogP contribution in [0.1, 0.15) is 28.5 Å². The second kappa shape index (κ2) is 10.4. The van der Waals surface area contributed by atoms with Gasteiger partial charge in [-0.25, -0.2) is 13.1 Å². The molecular weight excluding hydrogens is 460 g/mol. The first kappa shape index (κ1) is 24.8. The van der Waals surface area contributed by atoms with Crippen molar-refractivity contribution in [2.24, 2.45) is 0 Å². The number of hydrogen-bond donors (Lipinski definition) is 2. The van der Waals surface area contributed by atoms with Crippen molar-refractivity contribution in [2.45, 2.75) is 25.7 Å². The number of anilines is 1. The van der Waals surface area contributed by atoms with Gasteiger partial charge in [0.15, 0.2) is 12.4 Å². The number of sulfonamides is 1. The Kier molecular flexibility index (Phi) is 7.59. The Balaban J connectivity index is 1.53. The van der Waals surface area contributed by atoms with Crippen molar-refractivity contribution in [3.8, 4) is 5.69 Å². The standard InChI is InChI=1S/C23H24N4O6S/c1-15-4-8-19(9-5-15)27-21(12-16(2)26-27)25-22(29)14-33-23(30)13-24-34(31,32)20-10-6-18(7-11-20)17(3)28/h4-12,24H,13-14H2,1-3H3,(H,25,29). The lowest BCUT2D eigenvalue weighted by Crippen LogP contribution is -2.32. The molecule has 11 heteroatoms. The van der Waals surface area contributed by atoms with Gasteiger partial charge in [-0.3, -0.25) is 14.4 Å². The highest BCUT2D eigenvalue weighted by atomic mass is 32.2. The van der Waals surface area contributed by atoms with Crippen molar-refractivity contribution in [3.63, 3.8) is 0 Å². The third kappa shape index (κ3) is 6.36. The fraction of sp³-hybridized carbons (Fsp3) is 0.217. The van der Waals surface area contributed by atoms with Crippen LogP contribution >= 0.6 is 0 Å². The van der Waals surface area contributed by atoms with Gasteiger partial charge in [0, 0.05) is 11.6 Å². The number of nitrogens with one attached hydrogen (secondary N) is 2. The minimum atomic E-state index is -4.00. The molecule has 1 aromatic heterocycles. The molecule has 2 N–H and O–H groups in total. The number of hydrogen-bond acceptors (Lipinski definition) is 7. The summed E-state index contributed by atoms with van der Waals surface area (Å²) in [5, 5.41) is 6.99. The Hall–Kier alpha value is -3.83. The van der Waals surface area contributed by atoms with Crippen LogP contribution < -0.4 is 10.0 Å². The Bertz CT molecular complexity index is 1310. The molecule has 0 radical (unpaired) electrons. The van der Waals surface area contributed by atoms with Crippen LogP contribution in [0.2, 0.25) is 0 Å². The number of amides is 1. The molecule has 0 bridgehead atoms. The lowest BCUT2D eigenvalue weighted by Gasteiger charge is -2.10. The first-order valence-corrected chi connectivity index (χ1v) is 11.7. The van der Waals surface area contributed by atoms with Gasteiger partial charge in [-0.2, -0.15) is 9.82 Å². The van der Waals surface area contributed by atoms with Crippen molar-refractivity contribution >= 4 is 33.5 Å². The number of Topliss-reactive ketones (excluding diaryl/α,β-unsaturated/α-hetero) is 1. The Morgan fingerprint density at radius 1 is 1.00 bits per heavy atom. The van der Waals surface area contributed by atoms with E-state index in [1.807, 2.05) is 31.2 Å². The topological polar surface area (TPSA) is 136 Å². The summed E-state index contributed by atoms with van der Waals surface area (Å²) in [6.07, 6.45) is 0. The van der Waals surface area contributed by atoms with Gasteiger partial charge < -0.3 is 10.1 Å². The Labute approximate surface area is 197 Å². The van der Waals surface area contributed by atoms with Crippen LogP contribution in [0.5, 0.6) is 0 Å². The number of benzene rings is 2. The van der Waals surface area contributed by atoms with Crippen LogP contribution in [-0.2, 0) is 24.3 Å². The molecule has 0 spiro atoms. The molecule has 10 nitrogen and oxygen atoms in total. The molecule has 0 aliphatic heterocycles. The van der Waals surface area contributed by atoms with Gasteiger partial charge in [0.25, 0.3) is 5.91 Å². The normalized spacial score (nSPS) is 11.1. The second-order valence-corrected chi connectivity index (χ2v) is 9.30. The van der Waals surface area contributed by atoms with Gasteiger partial charge in [-0.05, 0) is 45.0 Å². The van der Waals surface area contributed by atoms with Crippen LogP contribution in [0.3, 0.4) is 0 Å². The molecule has 0 fully saturated rings. The van der Waals surface area contributed by atoms with E-state index in [1.54, 1.807) is 17.7 Å². The van der Waals surface area contributed by atoms with Crippen LogP contribution in [0.4, 0.5) is 5.82 Å². The monoisotopic (exact) mass is 484 g/mol. The second-order valence-electron chi connectivity index (χ2n) is 7.53. The molecule has 1 amide bonds. The highest BCUT2D eigenvalue weighted by Crippen LogP contribution is 2.17. The third-order valence-electron chi connectivity index (χ3n) is 4.72. The summed E-state index contributed by atoms with van der Waals surface area (Å²) in [6, 6.07) is 14.5. The van der Waals surface area contributed by atoms with E-state index in [0.717, 1.165) is 11.3 Å². The van der Waals surface area contributed by atoms with E-state index in [9.17, 15) is 22.8 Å². The van der Waals surface area contributed by atoms with E-state index in [2.05, 4.69) is 15.1 Å². The van der Waals surface area contributed by atoms with Gasteiger partial charge >= 0.3 is 5.97 Å². The van der Waals surface area contributed by atoms with Crippen LogP contribution in [0.15, 0.2) is 59.5 Å². The van der Waals surface area contributed by atoms with Gasteiger partial charge in [-0.1, -0.05) is 29.8 Å². The summed E-state index contributed by atoms with van der Waals surface area (Å²) >= 11 is 0. The highest BCUT2D eigenvalue weighted by molar-refractivity contribution is 7.89. The molecule has 178 valence electrons. The number of esters is 1. The number of carbonyl (C=O) groups excluding carboxylic acids is 3. The zero-order valence-corrected chi connectivity index (χ0v) is 19.7. The number of ether oxygens (including phenoxy) is 1. The average molecular weight is 485 g/mol. The van der Waals surface area contributed by atoms with Gasteiger partial charge in [-0.15, -0.1) is 0 Å². The molecule has 0 saturated carbocycles.